The van der Waals surface area contributed by atoms with E-state index in [1.54, 1.807) is 24.8 Å². The molecule has 27 heavy (non-hydrogen) atoms. The Bertz CT molecular complexity index is 911. The van der Waals surface area contributed by atoms with E-state index in [1.807, 2.05) is 30.3 Å². The van der Waals surface area contributed by atoms with Gasteiger partial charge in [-0.1, -0.05) is 12.1 Å². The number of carbonyl (C=O) groups excluding carboxylic acids is 1. The predicted octanol–water partition coefficient (Wildman–Crippen LogP) is 3.06. The highest BCUT2D eigenvalue weighted by atomic mass is 16.2. The van der Waals surface area contributed by atoms with Crippen molar-refractivity contribution in [3.8, 4) is 0 Å². The second-order valence-corrected chi connectivity index (χ2v) is 6.74. The lowest BCUT2D eigenvalue weighted by Crippen LogP contribution is -2.42. The Hall–Kier alpha value is -3.22. The van der Waals surface area contributed by atoms with Gasteiger partial charge in [-0.15, -0.1) is 0 Å². The van der Waals surface area contributed by atoms with Crippen LogP contribution in [0.2, 0.25) is 0 Å². The van der Waals surface area contributed by atoms with Gasteiger partial charge in [0.2, 0.25) is 5.95 Å². The summed E-state index contributed by atoms with van der Waals surface area (Å²) in [4.78, 5) is 27.3. The van der Waals surface area contributed by atoms with Crippen LogP contribution >= 0.6 is 0 Å². The number of aromatic nitrogens is 3. The van der Waals surface area contributed by atoms with E-state index in [2.05, 4.69) is 30.5 Å². The van der Waals surface area contributed by atoms with E-state index in [1.165, 1.54) is 0 Å². The van der Waals surface area contributed by atoms with E-state index in [0.717, 1.165) is 48.3 Å². The van der Waals surface area contributed by atoms with Crippen molar-refractivity contribution in [1.82, 2.24) is 20.3 Å². The van der Waals surface area contributed by atoms with E-state index in [0.29, 0.717) is 12.5 Å². The molecule has 0 radical (unpaired) electrons. The molecular weight excluding hydrogens is 340 g/mol. The Morgan fingerprint density at radius 1 is 1.15 bits per heavy atom. The molecule has 0 spiro atoms. The van der Waals surface area contributed by atoms with Crippen molar-refractivity contribution in [3.63, 3.8) is 0 Å². The normalized spacial score (nSPS) is 16.9. The molecule has 2 aromatic heterocycles. The summed E-state index contributed by atoms with van der Waals surface area (Å²) >= 11 is 0. The maximum Gasteiger partial charge on any atom is 0.319 e. The molecule has 1 unspecified atom stereocenters. The van der Waals surface area contributed by atoms with Crippen LogP contribution in [0.3, 0.4) is 0 Å². The maximum atomic E-state index is 12.4. The van der Waals surface area contributed by atoms with E-state index in [4.69, 9.17) is 0 Å². The van der Waals surface area contributed by atoms with E-state index in [9.17, 15) is 4.79 Å². The second kappa shape index (κ2) is 7.99. The first-order chi connectivity index (χ1) is 13.3. The molecule has 4 rings (SSSR count). The fourth-order valence-electron chi connectivity index (χ4n) is 3.50. The lowest BCUT2D eigenvalue weighted by Gasteiger charge is -2.32. The molecule has 2 amide bonds. The predicted molar refractivity (Wildman–Crippen MR) is 106 cm³/mol. The van der Waals surface area contributed by atoms with Gasteiger partial charge in [-0.3, -0.25) is 4.98 Å². The number of carbonyl (C=O) groups is 1. The Balaban J connectivity index is 1.34. The molecule has 1 aliphatic rings. The van der Waals surface area contributed by atoms with Crippen LogP contribution in [0.5, 0.6) is 0 Å². The highest BCUT2D eigenvalue weighted by molar-refractivity contribution is 6.01. The molecule has 1 aromatic carbocycles. The molecule has 1 saturated heterocycles. The number of benzene rings is 1. The SMILES string of the molecule is O=C(NCC1CCCN(c2ncccn2)C1)Nc1cccc2cnccc12. The van der Waals surface area contributed by atoms with Crippen LogP contribution < -0.4 is 15.5 Å². The summed E-state index contributed by atoms with van der Waals surface area (Å²) in [5.41, 5.74) is 0.787. The van der Waals surface area contributed by atoms with Crippen molar-refractivity contribution in [2.24, 2.45) is 5.92 Å². The maximum absolute atomic E-state index is 12.4. The van der Waals surface area contributed by atoms with Crippen molar-refractivity contribution >= 4 is 28.4 Å². The third-order valence-electron chi connectivity index (χ3n) is 4.83. The number of nitrogens with one attached hydrogen (secondary N) is 2. The zero-order valence-electron chi connectivity index (χ0n) is 15.0. The molecule has 2 N–H and O–H groups in total. The minimum atomic E-state index is -0.188. The van der Waals surface area contributed by atoms with Crippen molar-refractivity contribution in [1.29, 1.82) is 0 Å². The molecule has 0 aliphatic carbocycles. The molecule has 3 aromatic rings. The summed E-state index contributed by atoms with van der Waals surface area (Å²) in [6.07, 6.45) is 9.20. The summed E-state index contributed by atoms with van der Waals surface area (Å²) in [7, 11) is 0. The smallest absolute Gasteiger partial charge is 0.319 e. The number of anilines is 2. The molecule has 1 atom stereocenters. The molecule has 138 valence electrons. The van der Waals surface area contributed by atoms with Gasteiger partial charge in [0.05, 0.1) is 5.69 Å². The summed E-state index contributed by atoms with van der Waals surface area (Å²) in [6, 6.07) is 9.33. The second-order valence-electron chi connectivity index (χ2n) is 6.74. The molecule has 0 saturated carbocycles. The van der Waals surface area contributed by atoms with Crippen molar-refractivity contribution in [2.45, 2.75) is 12.8 Å². The van der Waals surface area contributed by atoms with Crippen molar-refractivity contribution in [2.75, 3.05) is 29.9 Å². The van der Waals surface area contributed by atoms with Gasteiger partial charge in [-0.2, -0.15) is 0 Å². The van der Waals surface area contributed by atoms with Crippen molar-refractivity contribution in [3.05, 3.63) is 55.1 Å². The van der Waals surface area contributed by atoms with Gasteiger partial charge < -0.3 is 15.5 Å². The average Bonchev–Trinajstić information content (AvgIpc) is 2.73. The topological polar surface area (TPSA) is 83.0 Å². The van der Waals surface area contributed by atoms with E-state index < -0.39 is 0 Å². The number of piperidine rings is 1. The minimum absolute atomic E-state index is 0.188. The summed E-state index contributed by atoms with van der Waals surface area (Å²) in [5, 5.41) is 7.94. The van der Waals surface area contributed by atoms with Crippen LogP contribution in [-0.4, -0.2) is 40.6 Å². The molecule has 3 heterocycles. The van der Waals surface area contributed by atoms with Gasteiger partial charge >= 0.3 is 6.03 Å². The third kappa shape index (κ3) is 4.13. The monoisotopic (exact) mass is 362 g/mol. The van der Waals surface area contributed by atoms with Crippen LogP contribution in [-0.2, 0) is 0 Å². The van der Waals surface area contributed by atoms with E-state index in [-0.39, 0.29) is 6.03 Å². The number of pyridine rings is 1. The Labute approximate surface area is 157 Å². The Morgan fingerprint density at radius 2 is 2.04 bits per heavy atom. The van der Waals surface area contributed by atoms with Gasteiger partial charge in [-0.05, 0) is 37.0 Å². The molecular formula is C20H22N6O. The zero-order valence-corrected chi connectivity index (χ0v) is 15.0. The van der Waals surface area contributed by atoms with Crippen LogP contribution in [0.4, 0.5) is 16.4 Å². The molecule has 1 aliphatic heterocycles. The number of amides is 2. The summed E-state index contributed by atoms with van der Waals surface area (Å²) in [6.45, 7) is 2.43. The van der Waals surface area contributed by atoms with Crippen LogP contribution in [0.15, 0.2) is 55.1 Å². The number of hydrogen-bond donors (Lipinski definition) is 2. The van der Waals surface area contributed by atoms with Gasteiger partial charge in [0.15, 0.2) is 0 Å². The van der Waals surface area contributed by atoms with Crippen molar-refractivity contribution < 1.29 is 4.79 Å². The van der Waals surface area contributed by atoms with Crippen LogP contribution in [0.25, 0.3) is 10.8 Å². The number of fused-ring (bicyclic) bond motifs is 1. The number of rotatable bonds is 4. The quantitative estimate of drug-likeness (QED) is 0.745. The number of hydrogen-bond acceptors (Lipinski definition) is 5. The third-order valence-corrected chi connectivity index (χ3v) is 4.83. The fraction of sp³-hybridized carbons (Fsp3) is 0.300. The lowest BCUT2D eigenvalue weighted by molar-refractivity contribution is 0.249. The first-order valence-corrected chi connectivity index (χ1v) is 9.19. The van der Waals surface area contributed by atoms with Gasteiger partial charge in [-0.25, -0.2) is 14.8 Å². The molecule has 7 nitrogen and oxygen atoms in total. The fourth-order valence-corrected chi connectivity index (χ4v) is 3.50. The minimum Gasteiger partial charge on any atom is -0.340 e. The summed E-state index contributed by atoms with van der Waals surface area (Å²) in [5.74, 6) is 1.14. The summed E-state index contributed by atoms with van der Waals surface area (Å²) < 4.78 is 0. The van der Waals surface area contributed by atoms with Crippen LogP contribution in [0, 0.1) is 5.92 Å². The zero-order chi connectivity index (χ0) is 18.5. The first kappa shape index (κ1) is 17.2. The Kier molecular flexibility index (Phi) is 5.09. The van der Waals surface area contributed by atoms with Gasteiger partial charge in [0, 0.05) is 55.2 Å². The Morgan fingerprint density at radius 3 is 2.93 bits per heavy atom. The van der Waals surface area contributed by atoms with Gasteiger partial charge in [0.1, 0.15) is 0 Å². The average molecular weight is 362 g/mol. The van der Waals surface area contributed by atoms with E-state index >= 15 is 0 Å². The number of urea groups is 1. The standard InChI is InChI=1S/C20H22N6O/c27-20(25-18-6-1-5-16-13-21-10-7-17(16)18)24-12-15-4-2-11-26(14-15)19-22-8-3-9-23-19/h1,3,5-10,13,15H,2,4,11-12,14H2,(H2,24,25,27). The molecule has 7 heteroatoms. The lowest BCUT2D eigenvalue weighted by atomic mass is 9.98. The van der Waals surface area contributed by atoms with Crippen LogP contribution in [0.1, 0.15) is 12.8 Å². The highest BCUT2D eigenvalue weighted by Gasteiger charge is 2.22. The molecule has 0 bridgehead atoms. The first-order valence-electron chi connectivity index (χ1n) is 9.19. The highest BCUT2D eigenvalue weighted by Crippen LogP contribution is 2.22. The van der Waals surface area contributed by atoms with Gasteiger partial charge in [0.25, 0.3) is 0 Å². The number of nitrogens with zero attached hydrogens (tertiary/aromatic N) is 4. The molecule has 1 fully saturated rings. The largest absolute Gasteiger partial charge is 0.340 e.